The first kappa shape index (κ1) is 15.1. The summed E-state index contributed by atoms with van der Waals surface area (Å²) in [7, 11) is -3.92. The lowest BCUT2D eigenvalue weighted by Crippen LogP contribution is -2.37. The molecule has 102 valence electrons. The summed E-state index contributed by atoms with van der Waals surface area (Å²) in [6.45, 7) is 1.80. The van der Waals surface area contributed by atoms with Crippen molar-refractivity contribution in [2.45, 2.75) is 24.3 Å². The smallest absolute Gasteiger partial charge is 0.288 e. The van der Waals surface area contributed by atoms with E-state index >= 15 is 0 Å². The second-order valence-electron chi connectivity index (χ2n) is 3.87. The van der Waals surface area contributed by atoms with Gasteiger partial charge in [-0.15, -0.1) is 4.91 Å². The molecule has 0 radical (unpaired) electrons. The predicted octanol–water partition coefficient (Wildman–Crippen LogP) is 0.524. The van der Waals surface area contributed by atoms with Crippen molar-refractivity contribution in [1.29, 1.82) is 0 Å². The van der Waals surface area contributed by atoms with Crippen LogP contribution in [0, 0.1) is 11.8 Å². The van der Waals surface area contributed by atoms with Crippen LogP contribution in [0.3, 0.4) is 0 Å². The molecule has 0 heterocycles. The molecule has 19 heavy (non-hydrogen) atoms. The summed E-state index contributed by atoms with van der Waals surface area (Å²) in [6.07, 6.45) is -0.354. The van der Waals surface area contributed by atoms with E-state index in [0.717, 1.165) is 5.56 Å². The van der Waals surface area contributed by atoms with Crippen molar-refractivity contribution in [2.75, 3.05) is 0 Å². The molecule has 1 aromatic carbocycles. The second kappa shape index (κ2) is 6.30. The van der Waals surface area contributed by atoms with E-state index in [2.05, 4.69) is 5.18 Å². The molecule has 0 spiro atoms. The Hall–Kier alpha value is -1.93. The van der Waals surface area contributed by atoms with Crippen LogP contribution in [-0.4, -0.2) is 26.7 Å². The van der Waals surface area contributed by atoms with Crippen LogP contribution in [0.1, 0.15) is 12.0 Å². The van der Waals surface area contributed by atoms with Crippen LogP contribution in [-0.2, 0) is 19.6 Å². The average molecular weight is 284 g/mol. The number of aryl methyl sites for hydroxylation is 1. The third-order valence-corrected chi connectivity index (χ3v) is 3.80. The largest absolute Gasteiger partial charge is 0.302 e. The SMILES string of the molecule is Cc1ccc(S(=O)(=O)NC(C=O)CC(=O)N=O)cc1. The number of amides is 1. The molecule has 0 saturated carbocycles. The summed E-state index contributed by atoms with van der Waals surface area (Å²) in [4.78, 5) is 31.4. The Kier molecular flexibility index (Phi) is 5.02. The number of carbonyl (C=O) groups is 2. The van der Waals surface area contributed by atoms with Crippen LogP contribution in [0.2, 0.25) is 0 Å². The van der Waals surface area contributed by atoms with Gasteiger partial charge in [0, 0.05) is 5.18 Å². The summed E-state index contributed by atoms with van der Waals surface area (Å²) in [6, 6.07) is 4.64. The summed E-state index contributed by atoms with van der Waals surface area (Å²) < 4.78 is 25.8. The Morgan fingerprint density at radius 3 is 2.42 bits per heavy atom. The number of sulfonamides is 1. The van der Waals surface area contributed by atoms with Crippen molar-refractivity contribution < 1.29 is 18.0 Å². The number of benzene rings is 1. The molecule has 0 aliphatic rings. The topological polar surface area (TPSA) is 110 Å². The van der Waals surface area contributed by atoms with Gasteiger partial charge in [-0.1, -0.05) is 17.7 Å². The minimum absolute atomic E-state index is 0.0311. The predicted molar refractivity (Wildman–Crippen MR) is 66.8 cm³/mol. The molecule has 0 aliphatic heterocycles. The molecule has 1 rings (SSSR count). The number of hydrogen-bond acceptors (Lipinski definition) is 5. The van der Waals surface area contributed by atoms with Crippen molar-refractivity contribution >= 4 is 22.2 Å². The molecule has 0 aromatic heterocycles. The highest BCUT2D eigenvalue weighted by atomic mass is 32.2. The molecule has 1 aromatic rings. The average Bonchev–Trinajstić information content (AvgIpc) is 2.38. The number of carbonyl (C=O) groups excluding carboxylic acids is 2. The van der Waals surface area contributed by atoms with Crippen LogP contribution in [0.15, 0.2) is 34.3 Å². The van der Waals surface area contributed by atoms with Crippen LogP contribution in [0.5, 0.6) is 0 Å². The number of nitroso groups, excluding NO2 is 1. The van der Waals surface area contributed by atoms with Gasteiger partial charge in [0.2, 0.25) is 10.0 Å². The Morgan fingerprint density at radius 1 is 1.37 bits per heavy atom. The zero-order chi connectivity index (χ0) is 14.5. The number of rotatable bonds is 6. The summed E-state index contributed by atoms with van der Waals surface area (Å²) >= 11 is 0. The van der Waals surface area contributed by atoms with Gasteiger partial charge in [-0.2, -0.15) is 0 Å². The van der Waals surface area contributed by atoms with Crippen molar-refractivity contribution in [3.05, 3.63) is 34.7 Å². The highest BCUT2D eigenvalue weighted by Gasteiger charge is 2.22. The fraction of sp³-hybridized carbons (Fsp3) is 0.273. The molecule has 7 nitrogen and oxygen atoms in total. The molecule has 8 heteroatoms. The van der Waals surface area contributed by atoms with Gasteiger partial charge in [0.25, 0.3) is 5.91 Å². The van der Waals surface area contributed by atoms with Crippen molar-refractivity contribution in [3.8, 4) is 0 Å². The van der Waals surface area contributed by atoms with Gasteiger partial charge < -0.3 is 4.79 Å². The third-order valence-electron chi connectivity index (χ3n) is 2.30. The van der Waals surface area contributed by atoms with E-state index in [-0.39, 0.29) is 11.2 Å². The van der Waals surface area contributed by atoms with Crippen LogP contribution in [0.4, 0.5) is 0 Å². The quantitative estimate of drug-likeness (QED) is 0.605. The van der Waals surface area contributed by atoms with Crippen LogP contribution < -0.4 is 4.72 Å². The van der Waals surface area contributed by atoms with Crippen LogP contribution in [0.25, 0.3) is 0 Å². The lowest BCUT2D eigenvalue weighted by atomic mass is 10.2. The van der Waals surface area contributed by atoms with E-state index in [9.17, 15) is 22.9 Å². The van der Waals surface area contributed by atoms with Gasteiger partial charge in [0.05, 0.1) is 17.4 Å². The first-order chi connectivity index (χ1) is 8.89. The molecular formula is C11H12N2O5S. The van der Waals surface area contributed by atoms with Crippen molar-refractivity contribution in [3.63, 3.8) is 0 Å². The zero-order valence-electron chi connectivity index (χ0n) is 10.1. The van der Waals surface area contributed by atoms with E-state index in [1.54, 1.807) is 19.1 Å². The summed E-state index contributed by atoms with van der Waals surface area (Å²) in [5, 5.41) is 2.11. The molecule has 1 amide bonds. The molecule has 1 atom stereocenters. The fourth-order valence-corrected chi connectivity index (χ4v) is 2.50. The van der Waals surface area contributed by atoms with Crippen LogP contribution >= 0.6 is 0 Å². The summed E-state index contributed by atoms with van der Waals surface area (Å²) in [5.41, 5.74) is 0.881. The van der Waals surface area contributed by atoms with E-state index < -0.39 is 28.4 Å². The maximum Gasteiger partial charge on any atom is 0.288 e. The van der Waals surface area contributed by atoms with E-state index in [4.69, 9.17) is 0 Å². The minimum Gasteiger partial charge on any atom is -0.302 e. The van der Waals surface area contributed by atoms with Gasteiger partial charge >= 0.3 is 0 Å². The lowest BCUT2D eigenvalue weighted by Gasteiger charge is -2.11. The normalized spacial score (nSPS) is 12.7. The molecule has 1 N–H and O–H groups in total. The number of nitrogens with zero attached hydrogens (tertiary/aromatic N) is 1. The Balaban J connectivity index is 2.88. The molecule has 0 bridgehead atoms. The maximum atomic E-state index is 11.9. The van der Waals surface area contributed by atoms with Gasteiger partial charge in [-0.05, 0) is 19.1 Å². The molecule has 0 saturated heterocycles. The Morgan fingerprint density at radius 2 is 1.95 bits per heavy atom. The number of hydrogen-bond donors (Lipinski definition) is 1. The third kappa shape index (κ3) is 4.34. The first-order valence-electron chi connectivity index (χ1n) is 5.29. The fourth-order valence-electron chi connectivity index (χ4n) is 1.33. The van der Waals surface area contributed by atoms with E-state index in [0.29, 0.717) is 0 Å². The van der Waals surface area contributed by atoms with Gasteiger partial charge in [-0.25, -0.2) is 13.1 Å². The summed E-state index contributed by atoms with van der Waals surface area (Å²) in [5.74, 6) is -1.09. The highest BCUT2D eigenvalue weighted by Crippen LogP contribution is 2.10. The second-order valence-corrected chi connectivity index (χ2v) is 5.58. The molecule has 0 fully saturated rings. The van der Waals surface area contributed by atoms with Crippen molar-refractivity contribution in [2.24, 2.45) is 5.18 Å². The van der Waals surface area contributed by atoms with Crippen molar-refractivity contribution in [1.82, 2.24) is 4.72 Å². The standard InChI is InChI=1S/C11H12N2O5S/c1-8-2-4-10(5-3-8)19(17,18)13-9(7-14)6-11(15)12-16/h2-5,7,9,13H,6H2,1H3. The lowest BCUT2D eigenvalue weighted by molar-refractivity contribution is -0.120. The van der Waals surface area contributed by atoms with Gasteiger partial charge in [-0.3, -0.25) is 4.79 Å². The molecular weight excluding hydrogens is 272 g/mol. The molecule has 1 unspecified atom stereocenters. The Bertz CT molecular complexity index is 580. The number of nitrogens with one attached hydrogen (secondary N) is 1. The highest BCUT2D eigenvalue weighted by molar-refractivity contribution is 7.89. The maximum absolute atomic E-state index is 11.9. The van der Waals surface area contributed by atoms with Gasteiger partial charge in [0.1, 0.15) is 6.29 Å². The number of aldehydes is 1. The minimum atomic E-state index is -3.92. The zero-order valence-corrected chi connectivity index (χ0v) is 10.9. The Labute approximate surface area is 110 Å². The van der Waals surface area contributed by atoms with E-state index in [1.807, 2.05) is 4.72 Å². The first-order valence-corrected chi connectivity index (χ1v) is 6.78. The molecule has 0 aliphatic carbocycles. The van der Waals surface area contributed by atoms with E-state index in [1.165, 1.54) is 12.1 Å². The monoisotopic (exact) mass is 284 g/mol. The van der Waals surface area contributed by atoms with Gasteiger partial charge in [0.15, 0.2) is 0 Å².